The number of piperazine rings is 1. The van der Waals surface area contributed by atoms with Gasteiger partial charge in [0.05, 0.1) is 6.42 Å². The zero-order chi connectivity index (χ0) is 17.4. The number of benzene rings is 1. The summed E-state index contributed by atoms with van der Waals surface area (Å²) in [6.07, 6.45) is 2.08. The molecule has 0 aliphatic carbocycles. The summed E-state index contributed by atoms with van der Waals surface area (Å²) < 4.78 is 0. The van der Waals surface area contributed by atoms with Crippen molar-refractivity contribution in [3.05, 3.63) is 35.9 Å². The second kappa shape index (κ2) is 9.27. The van der Waals surface area contributed by atoms with Crippen LogP contribution in [0.15, 0.2) is 30.3 Å². The Bertz CT molecular complexity index is 536. The predicted octanol–water partition coefficient (Wildman–Crippen LogP) is 2.16. The van der Waals surface area contributed by atoms with Gasteiger partial charge < -0.3 is 15.3 Å². The minimum atomic E-state index is -0.896. The monoisotopic (exact) mass is 333 g/mol. The molecule has 1 aromatic rings. The van der Waals surface area contributed by atoms with E-state index < -0.39 is 5.97 Å². The number of hydrogen-bond acceptors (Lipinski definition) is 3. The van der Waals surface area contributed by atoms with Crippen LogP contribution in [-0.4, -0.2) is 59.1 Å². The van der Waals surface area contributed by atoms with Crippen molar-refractivity contribution in [1.29, 1.82) is 0 Å². The molecule has 1 fully saturated rings. The summed E-state index contributed by atoms with van der Waals surface area (Å²) in [5.74, 6) is -0.896. The van der Waals surface area contributed by atoms with Crippen molar-refractivity contribution < 1.29 is 14.7 Å². The molecule has 0 saturated carbocycles. The van der Waals surface area contributed by atoms with Gasteiger partial charge in [0.1, 0.15) is 0 Å². The fourth-order valence-electron chi connectivity index (χ4n) is 3.10. The van der Waals surface area contributed by atoms with E-state index in [-0.39, 0.29) is 19.0 Å². The molecule has 6 heteroatoms. The van der Waals surface area contributed by atoms with E-state index in [1.807, 2.05) is 11.0 Å². The summed E-state index contributed by atoms with van der Waals surface area (Å²) in [5.41, 5.74) is 1.29. The Morgan fingerprint density at radius 1 is 1.25 bits per heavy atom. The van der Waals surface area contributed by atoms with Gasteiger partial charge >= 0.3 is 12.0 Å². The Labute approximate surface area is 143 Å². The SMILES string of the molecule is CCCC1CN(C(=O)NCCC(=O)O)CCN1Cc1ccccc1. The van der Waals surface area contributed by atoms with Crippen molar-refractivity contribution in [1.82, 2.24) is 15.1 Å². The number of aliphatic carboxylic acids is 1. The average Bonchev–Trinajstić information content (AvgIpc) is 2.57. The first-order valence-corrected chi connectivity index (χ1v) is 8.62. The van der Waals surface area contributed by atoms with E-state index >= 15 is 0 Å². The maximum Gasteiger partial charge on any atom is 0.317 e. The van der Waals surface area contributed by atoms with Crippen molar-refractivity contribution >= 4 is 12.0 Å². The Kier molecular flexibility index (Phi) is 7.06. The van der Waals surface area contributed by atoms with Gasteiger partial charge in [-0.2, -0.15) is 0 Å². The van der Waals surface area contributed by atoms with E-state index in [1.165, 1.54) is 5.56 Å². The molecule has 24 heavy (non-hydrogen) atoms. The number of carbonyl (C=O) groups is 2. The Morgan fingerprint density at radius 3 is 2.67 bits per heavy atom. The molecule has 1 saturated heterocycles. The Balaban J connectivity index is 1.89. The number of nitrogens with zero attached hydrogens (tertiary/aromatic N) is 2. The lowest BCUT2D eigenvalue weighted by atomic mass is 10.1. The van der Waals surface area contributed by atoms with E-state index in [4.69, 9.17) is 5.11 Å². The first-order chi connectivity index (χ1) is 11.6. The van der Waals surface area contributed by atoms with Gasteiger partial charge in [0, 0.05) is 38.8 Å². The van der Waals surface area contributed by atoms with Crippen LogP contribution < -0.4 is 5.32 Å². The molecule has 0 radical (unpaired) electrons. The second-order valence-corrected chi connectivity index (χ2v) is 6.22. The largest absolute Gasteiger partial charge is 0.481 e. The van der Waals surface area contributed by atoms with Crippen LogP contribution in [0.3, 0.4) is 0 Å². The van der Waals surface area contributed by atoms with E-state index in [2.05, 4.69) is 41.4 Å². The van der Waals surface area contributed by atoms with Gasteiger partial charge in [-0.15, -0.1) is 0 Å². The first kappa shape index (κ1) is 18.3. The van der Waals surface area contributed by atoms with Crippen molar-refractivity contribution in [3.63, 3.8) is 0 Å². The third kappa shape index (κ3) is 5.53. The minimum Gasteiger partial charge on any atom is -0.481 e. The van der Waals surface area contributed by atoms with Crippen LogP contribution in [0.5, 0.6) is 0 Å². The third-order valence-corrected chi connectivity index (χ3v) is 4.36. The number of nitrogens with one attached hydrogen (secondary N) is 1. The lowest BCUT2D eigenvalue weighted by Crippen LogP contribution is -2.56. The van der Waals surface area contributed by atoms with Crippen LogP contribution in [0.2, 0.25) is 0 Å². The normalized spacial score (nSPS) is 18.4. The van der Waals surface area contributed by atoms with Crippen LogP contribution in [0.25, 0.3) is 0 Å². The van der Waals surface area contributed by atoms with E-state index in [9.17, 15) is 9.59 Å². The molecule has 1 aromatic carbocycles. The van der Waals surface area contributed by atoms with Crippen molar-refractivity contribution in [2.45, 2.75) is 38.8 Å². The third-order valence-electron chi connectivity index (χ3n) is 4.36. The summed E-state index contributed by atoms with van der Waals surface area (Å²) in [6.45, 7) is 5.45. The molecule has 2 amide bonds. The highest BCUT2D eigenvalue weighted by atomic mass is 16.4. The molecule has 0 spiro atoms. The van der Waals surface area contributed by atoms with Crippen LogP contribution in [0, 0.1) is 0 Å². The number of carbonyl (C=O) groups excluding carboxylic acids is 1. The molecule has 1 atom stereocenters. The number of carboxylic acids is 1. The quantitative estimate of drug-likeness (QED) is 0.802. The average molecular weight is 333 g/mol. The lowest BCUT2D eigenvalue weighted by Gasteiger charge is -2.41. The number of amides is 2. The lowest BCUT2D eigenvalue weighted by molar-refractivity contribution is -0.136. The highest BCUT2D eigenvalue weighted by Gasteiger charge is 2.28. The summed E-state index contributed by atoms with van der Waals surface area (Å²) >= 11 is 0. The molecular formula is C18H27N3O3. The maximum atomic E-state index is 12.2. The summed E-state index contributed by atoms with van der Waals surface area (Å²) in [5, 5.41) is 11.4. The minimum absolute atomic E-state index is 0.0436. The smallest absolute Gasteiger partial charge is 0.317 e. The molecular weight excluding hydrogens is 306 g/mol. The Hall–Kier alpha value is -2.08. The standard InChI is InChI=1S/C18H27N3O3/c1-2-6-16-14-21(18(24)19-10-9-17(22)23)12-11-20(16)13-15-7-4-3-5-8-15/h3-5,7-8,16H,2,6,9-14H2,1H3,(H,19,24)(H,22,23). The first-order valence-electron chi connectivity index (χ1n) is 8.62. The van der Waals surface area contributed by atoms with Gasteiger partial charge in [-0.25, -0.2) is 4.79 Å². The number of carboxylic acid groups (broad SMARTS) is 1. The molecule has 1 heterocycles. The fraction of sp³-hybridized carbons (Fsp3) is 0.556. The van der Waals surface area contributed by atoms with Crippen LogP contribution in [0.1, 0.15) is 31.7 Å². The molecule has 2 rings (SSSR count). The highest BCUT2D eigenvalue weighted by molar-refractivity contribution is 5.75. The molecule has 6 nitrogen and oxygen atoms in total. The number of urea groups is 1. The maximum absolute atomic E-state index is 12.2. The van der Waals surface area contributed by atoms with E-state index in [0.29, 0.717) is 19.1 Å². The van der Waals surface area contributed by atoms with Gasteiger partial charge in [-0.3, -0.25) is 9.69 Å². The van der Waals surface area contributed by atoms with E-state index in [0.717, 1.165) is 25.9 Å². The predicted molar refractivity (Wildman–Crippen MR) is 92.8 cm³/mol. The van der Waals surface area contributed by atoms with Crippen LogP contribution in [-0.2, 0) is 11.3 Å². The van der Waals surface area contributed by atoms with Crippen molar-refractivity contribution in [2.24, 2.45) is 0 Å². The van der Waals surface area contributed by atoms with Gasteiger partial charge in [0.15, 0.2) is 0 Å². The van der Waals surface area contributed by atoms with Crippen molar-refractivity contribution in [2.75, 3.05) is 26.2 Å². The van der Waals surface area contributed by atoms with Gasteiger partial charge in [0.2, 0.25) is 0 Å². The molecule has 1 unspecified atom stereocenters. The highest BCUT2D eigenvalue weighted by Crippen LogP contribution is 2.18. The molecule has 1 aliphatic heterocycles. The van der Waals surface area contributed by atoms with Crippen LogP contribution in [0.4, 0.5) is 4.79 Å². The zero-order valence-electron chi connectivity index (χ0n) is 14.3. The van der Waals surface area contributed by atoms with Crippen LogP contribution >= 0.6 is 0 Å². The summed E-state index contributed by atoms with van der Waals surface area (Å²) in [7, 11) is 0. The molecule has 0 bridgehead atoms. The topological polar surface area (TPSA) is 72.9 Å². The van der Waals surface area contributed by atoms with Crippen molar-refractivity contribution in [3.8, 4) is 0 Å². The molecule has 132 valence electrons. The zero-order valence-corrected chi connectivity index (χ0v) is 14.3. The number of rotatable bonds is 7. The summed E-state index contributed by atoms with van der Waals surface area (Å²) in [4.78, 5) is 27.0. The molecule has 1 aliphatic rings. The fourth-order valence-corrected chi connectivity index (χ4v) is 3.10. The molecule has 2 N–H and O–H groups in total. The van der Waals surface area contributed by atoms with Gasteiger partial charge in [0.25, 0.3) is 0 Å². The second-order valence-electron chi connectivity index (χ2n) is 6.22. The molecule has 0 aromatic heterocycles. The summed E-state index contributed by atoms with van der Waals surface area (Å²) in [6, 6.07) is 10.6. The van der Waals surface area contributed by atoms with Gasteiger partial charge in [-0.05, 0) is 12.0 Å². The Morgan fingerprint density at radius 2 is 2.00 bits per heavy atom. The van der Waals surface area contributed by atoms with Gasteiger partial charge in [-0.1, -0.05) is 43.7 Å². The van der Waals surface area contributed by atoms with E-state index in [1.54, 1.807) is 0 Å². The number of hydrogen-bond donors (Lipinski definition) is 2.